The number of hydrogen-bond acceptors (Lipinski definition) is 4. The predicted molar refractivity (Wildman–Crippen MR) is 96.9 cm³/mol. The van der Waals surface area contributed by atoms with Crippen molar-refractivity contribution in [2.45, 2.75) is 16.7 Å². The summed E-state index contributed by atoms with van der Waals surface area (Å²) in [7, 11) is -2.22. The van der Waals surface area contributed by atoms with E-state index in [2.05, 4.69) is 10.0 Å². The van der Waals surface area contributed by atoms with Crippen molar-refractivity contribution in [2.75, 3.05) is 19.3 Å². The Morgan fingerprint density at radius 2 is 1.83 bits per heavy atom. The van der Waals surface area contributed by atoms with Crippen molar-refractivity contribution in [3.05, 3.63) is 59.7 Å². The zero-order valence-corrected chi connectivity index (χ0v) is 15.2. The number of sulfonamides is 1. The van der Waals surface area contributed by atoms with Crippen LogP contribution in [0.3, 0.4) is 0 Å². The van der Waals surface area contributed by atoms with E-state index < -0.39 is 10.0 Å². The molecule has 0 fully saturated rings. The van der Waals surface area contributed by atoms with Crippen molar-refractivity contribution >= 4 is 27.7 Å². The average Bonchev–Trinajstić information content (AvgIpc) is 2.59. The summed E-state index contributed by atoms with van der Waals surface area (Å²) in [4.78, 5) is 13.5. The fourth-order valence-electron chi connectivity index (χ4n) is 2.08. The molecule has 0 aromatic heterocycles. The highest BCUT2D eigenvalue weighted by Gasteiger charge is 2.16. The predicted octanol–water partition coefficient (Wildman–Crippen LogP) is 2.43. The van der Waals surface area contributed by atoms with Gasteiger partial charge in [0.05, 0.1) is 4.90 Å². The summed E-state index contributed by atoms with van der Waals surface area (Å²) in [5.74, 6) is 0.470. The van der Waals surface area contributed by atoms with E-state index in [4.69, 9.17) is 0 Å². The third kappa shape index (κ3) is 4.83. The molecule has 2 rings (SSSR count). The van der Waals surface area contributed by atoms with Gasteiger partial charge in [-0.1, -0.05) is 24.3 Å². The first kappa shape index (κ1) is 18.5. The normalized spacial score (nSPS) is 11.2. The highest BCUT2D eigenvalue weighted by molar-refractivity contribution is 7.99. The Kier molecular flexibility index (Phi) is 6.42. The summed E-state index contributed by atoms with van der Waals surface area (Å²) >= 11 is 1.65. The third-order valence-corrected chi connectivity index (χ3v) is 5.86. The van der Waals surface area contributed by atoms with Crippen molar-refractivity contribution in [3.63, 3.8) is 0 Å². The standard InChI is InChI=1S/C17H20N2O3S2/c1-13-8-9-15(24(21,22)18-2)12-16(13)17(20)19-10-11-23-14-6-4-3-5-7-14/h3-9,12,18H,10-11H2,1-2H3,(H,19,20). The molecule has 7 heteroatoms. The molecule has 128 valence electrons. The number of carbonyl (C=O) groups excluding carboxylic acids is 1. The second-order valence-electron chi connectivity index (χ2n) is 5.10. The molecule has 0 heterocycles. The monoisotopic (exact) mass is 364 g/mol. The molecule has 1 amide bonds. The number of benzene rings is 2. The van der Waals surface area contributed by atoms with Crippen molar-refractivity contribution in [3.8, 4) is 0 Å². The average molecular weight is 364 g/mol. The third-order valence-electron chi connectivity index (χ3n) is 3.43. The number of rotatable bonds is 7. The number of aryl methyl sites for hydroxylation is 1. The summed E-state index contributed by atoms with van der Waals surface area (Å²) in [6, 6.07) is 14.5. The molecule has 0 atom stereocenters. The van der Waals surface area contributed by atoms with Crippen molar-refractivity contribution in [1.82, 2.24) is 10.0 Å². The summed E-state index contributed by atoms with van der Waals surface area (Å²) in [5, 5.41) is 2.83. The van der Waals surface area contributed by atoms with Crippen LogP contribution in [-0.2, 0) is 10.0 Å². The lowest BCUT2D eigenvalue weighted by atomic mass is 10.1. The Hall–Kier alpha value is -1.83. The quantitative estimate of drug-likeness (QED) is 0.584. The topological polar surface area (TPSA) is 75.3 Å². The van der Waals surface area contributed by atoms with E-state index in [0.717, 1.165) is 16.2 Å². The van der Waals surface area contributed by atoms with Crippen LogP contribution in [0.5, 0.6) is 0 Å². The number of thioether (sulfide) groups is 1. The van der Waals surface area contributed by atoms with Crippen LogP contribution in [0.2, 0.25) is 0 Å². The summed E-state index contributed by atoms with van der Waals surface area (Å²) in [6.07, 6.45) is 0. The molecule has 0 bridgehead atoms. The van der Waals surface area contributed by atoms with Gasteiger partial charge >= 0.3 is 0 Å². The van der Waals surface area contributed by atoms with E-state index in [-0.39, 0.29) is 10.8 Å². The Bertz CT molecular complexity index is 806. The van der Waals surface area contributed by atoms with Crippen LogP contribution in [0.15, 0.2) is 58.3 Å². The van der Waals surface area contributed by atoms with Gasteiger partial charge < -0.3 is 5.32 Å². The molecule has 0 unspecified atom stereocenters. The van der Waals surface area contributed by atoms with E-state index in [1.54, 1.807) is 24.8 Å². The van der Waals surface area contributed by atoms with Crippen LogP contribution in [0.25, 0.3) is 0 Å². The second kappa shape index (κ2) is 8.32. The van der Waals surface area contributed by atoms with Crippen molar-refractivity contribution in [1.29, 1.82) is 0 Å². The SMILES string of the molecule is CNS(=O)(=O)c1ccc(C)c(C(=O)NCCSc2ccccc2)c1. The maximum absolute atomic E-state index is 12.3. The van der Waals surface area contributed by atoms with E-state index in [9.17, 15) is 13.2 Å². The van der Waals surface area contributed by atoms with Crippen LogP contribution < -0.4 is 10.0 Å². The fraction of sp³-hybridized carbons (Fsp3) is 0.235. The number of nitrogens with one attached hydrogen (secondary N) is 2. The van der Waals surface area contributed by atoms with Crippen LogP contribution in [-0.4, -0.2) is 33.7 Å². The minimum atomic E-state index is -3.57. The van der Waals surface area contributed by atoms with Gasteiger partial charge in [0.2, 0.25) is 10.0 Å². The van der Waals surface area contributed by atoms with Gasteiger partial charge in [0.25, 0.3) is 5.91 Å². The summed E-state index contributed by atoms with van der Waals surface area (Å²) < 4.78 is 26.0. The molecule has 0 saturated heterocycles. The van der Waals surface area contributed by atoms with Gasteiger partial charge in [0.15, 0.2) is 0 Å². The van der Waals surface area contributed by atoms with E-state index >= 15 is 0 Å². The number of hydrogen-bond donors (Lipinski definition) is 2. The summed E-state index contributed by atoms with van der Waals surface area (Å²) in [5.41, 5.74) is 1.11. The molecular weight excluding hydrogens is 344 g/mol. The van der Waals surface area contributed by atoms with Gasteiger partial charge in [-0.3, -0.25) is 4.79 Å². The Morgan fingerprint density at radius 3 is 2.50 bits per heavy atom. The molecule has 5 nitrogen and oxygen atoms in total. The van der Waals surface area contributed by atoms with Gasteiger partial charge in [-0.25, -0.2) is 13.1 Å². The molecule has 0 saturated carbocycles. The lowest BCUT2D eigenvalue weighted by Gasteiger charge is -2.10. The number of carbonyl (C=O) groups is 1. The first-order valence-corrected chi connectivity index (χ1v) is 9.91. The molecule has 0 radical (unpaired) electrons. The molecule has 24 heavy (non-hydrogen) atoms. The molecule has 0 spiro atoms. The molecule has 0 aliphatic heterocycles. The van der Waals surface area contributed by atoms with Gasteiger partial charge in [0.1, 0.15) is 0 Å². The summed E-state index contributed by atoms with van der Waals surface area (Å²) in [6.45, 7) is 2.28. The van der Waals surface area contributed by atoms with Gasteiger partial charge in [-0.05, 0) is 43.8 Å². The maximum atomic E-state index is 12.3. The molecular formula is C17H20N2O3S2. The molecule has 0 aliphatic rings. The minimum absolute atomic E-state index is 0.0828. The zero-order valence-electron chi connectivity index (χ0n) is 13.6. The first-order chi connectivity index (χ1) is 11.4. The van der Waals surface area contributed by atoms with E-state index in [1.165, 1.54) is 19.2 Å². The Balaban J connectivity index is 1.98. The zero-order chi connectivity index (χ0) is 17.6. The van der Waals surface area contributed by atoms with Gasteiger partial charge in [0, 0.05) is 22.8 Å². The van der Waals surface area contributed by atoms with E-state index in [1.807, 2.05) is 30.3 Å². The number of amides is 1. The molecule has 0 aliphatic carbocycles. The first-order valence-electron chi connectivity index (χ1n) is 7.44. The largest absolute Gasteiger partial charge is 0.351 e. The van der Waals surface area contributed by atoms with E-state index in [0.29, 0.717) is 12.1 Å². The van der Waals surface area contributed by atoms with Crippen LogP contribution in [0.1, 0.15) is 15.9 Å². The lowest BCUT2D eigenvalue weighted by Crippen LogP contribution is -2.27. The van der Waals surface area contributed by atoms with Gasteiger partial charge in [-0.2, -0.15) is 0 Å². The molecule has 2 N–H and O–H groups in total. The maximum Gasteiger partial charge on any atom is 0.251 e. The van der Waals surface area contributed by atoms with Crippen molar-refractivity contribution < 1.29 is 13.2 Å². The lowest BCUT2D eigenvalue weighted by molar-refractivity contribution is 0.0955. The highest BCUT2D eigenvalue weighted by Crippen LogP contribution is 2.17. The Morgan fingerprint density at radius 1 is 1.12 bits per heavy atom. The smallest absolute Gasteiger partial charge is 0.251 e. The minimum Gasteiger partial charge on any atom is -0.351 e. The fourth-order valence-corrected chi connectivity index (χ4v) is 3.62. The molecule has 2 aromatic rings. The second-order valence-corrected chi connectivity index (χ2v) is 8.16. The van der Waals surface area contributed by atoms with Gasteiger partial charge in [-0.15, -0.1) is 11.8 Å². The van der Waals surface area contributed by atoms with Crippen LogP contribution in [0, 0.1) is 6.92 Å². The van der Waals surface area contributed by atoms with Crippen LogP contribution in [0.4, 0.5) is 0 Å². The Labute approximate surface area is 146 Å². The highest BCUT2D eigenvalue weighted by atomic mass is 32.2. The van der Waals surface area contributed by atoms with Crippen LogP contribution >= 0.6 is 11.8 Å². The van der Waals surface area contributed by atoms with Crippen molar-refractivity contribution in [2.24, 2.45) is 0 Å². The molecule has 2 aromatic carbocycles.